The van der Waals surface area contributed by atoms with E-state index in [2.05, 4.69) is 31.4 Å². The monoisotopic (exact) mass is 174 g/mol. The maximum Gasteiger partial charge on any atom is 0.166 e. The van der Waals surface area contributed by atoms with Crippen molar-refractivity contribution in [1.82, 2.24) is 10.6 Å². The highest BCUT2D eigenvalue weighted by atomic mass is 32.1. The van der Waals surface area contributed by atoms with E-state index >= 15 is 0 Å². The van der Waals surface area contributed by atoms with E-state index in [0.29, 0.717) is 0 Å². The fraction of sp³-hybridized carbons (Fsp3) is 0.875. The molecule has 0 aromatic heterocycles. The minimum absolute atomic E-state index is 0.110. The van der Waals surface area contributed by atoms with Gasteiger partial charge in [0.15, 0.2) is 5.11 Å². The van der Waals surface area contributed by atoms with E-state index in [1.165, 1.54) is 0 Å². The summed E-state index contributed by atoms with van der Waals surface area (Å²) >= 11 is 5.05. The summed E-state index contributed by atoms with van der Waals surface area (Å²) in [7, 11) is 0. The minimum atomic E-state index is 0.110. The van der Waals surface area contributed by atoms with Crippen LogP contribution in [0.25, 0.3) is 0 Å². The van der Waals surface area contributed by atoms with E-state index in [1.54, 1.807) is 0 Å². The lowest BCUT2D eigenvalue weighted by Gasteiger charge is -2.26. The average Bonchev–Trinajstić information content (AvgIpc) is 1.87. The summed E-state index contributed by atoms with van der Waals surface area (Å²) in [6.45, 7) is 9.33. The molecule has 0 unspecified atom stereocenters. The average molecular weight is 174 g/mol. The molecule has 0 radical (unpaired) electrons. The van der Waals surface area contributed by atoms with Gasteiger partial charge in [-0.25, -0.2) is 0 Å². The van der Waals surface area contributed by atoms with Crippen molar-refractivity contribution in [2.75, 3.05) is 6.54 Å². The van der Waals surface area contributed by atoms with E-state index in [-0.39, 0.29) is 5.54 Å². The molecule has 11 heavy (non-hydrogen) atoms. The van der Waals surface area contributed by atoms with Crippen LogP contribution in [0.5, 0.6) is 0 Å². The molecule has 0 saturated heterocycles. The largest absolute Gasteiger partial charge is 0.363 e. The number of hydrogen-bond acceptors (Lipinski definition) is 1. The predicted octanol–water partition coefficient (Wildman–Crippen LogP) is 1.66. The Morgan fingerprint density at radius 3 is 2.27 bits per heavy atom. The molecule has 2 N–H and O–H groups in total. The Morgan fingerprint density at radius 1 is 1.36 bits per heavy atom. The molecule has 0 aromatic rings. The van der Waals surface area contributed by atoms with Crippen LogP contribution in [0, 0.1) is 0 Å². The van der Waals surface area contributed by atoms with Crippen molar-refractivity contribution in [3.8, 4) is 0 Å². The molecule has 0 aliphatic heterocycles. The van der Waals surface area contributed by atoms with Gasteiger partial charge in [-0.15, -0.1) is 0 Å². The zero-order valence-electron chi connectivity index (χ0n) is 7.82. The third-order valence-electron chi connectivity index (χ3n) is 1.67. The molecular weight excluding hydrogens is 156 g/mol. The van der Waals surface area contributed by atoms with Gasteiger partial charge in [0, 0.05) is 12.1 Å². The van der Waals surface area contributed by atoms with Crippen molar-refractivity contribution in [1.29, 1.82) is 0 Å². The number of thiocarbonyl (C=S) groups is 1. The maximum atomic E-state index is 5.05. The smallest absolute Gasteiger partial charge is 0.166 e. The van der Waals surface area contributed by atoms with Crippen molar-refractivity contribution in [2.45, 2.75) is 39.7 Å². The summed E-state index contributed by atoms with van der Waals surface area (Å²) in [6, 6.07) is 0. The minimum Gasteiger partial charge on any atom is -0.363 e. The molecule has 0 spiro atoms. The fourth-order valence-electron chi connectivity index (χ4n) is 0.600. The number of nitrogens with one attached hydrogen (secondary N) is 2. The Balaban J connectivity index is 3.74. The summed E-state index contributed by atoms with van der Waals surface area (Å²) in [5.41, 5.74) is 0.110. The zero-order valence-corrected chi connectivity index (χ0v) is 8.64. The standard InChI is InChI=1S/C8H18N2S/c1-5-8(3,4)10-7(11)9-6-2/h5-6H2,1-4H3,(H2,9,10,11). The van der Waals surface area contributed by atoms with Crippen LogP contribution in [-0.4, -0.2) is 17.2 Å². The molecule has 66 valence electrons. The highest BCUT2D eigenvalue weighted by Crippen LogP contribution is 2.05. The van der Waals surface area contributed by atoms with E-state index in [4.69, 9.17) is 12.2 Å². The number of hydrogen-bond donors (Lipinski definition) is 2. The molecule has 0 fully saturated rings. The Bertz CT molecular complexity index is 132. The fourth-order valence-corrected chi connectivity index (χ4v) is 1.02. The highest BCUT2D eigenvalue weighted by Gasteiger charge is 2.14. The molecule has 0 saturated carbocycles. The van der Waals surface area contributed by atoms with Crippen molar-refractivity contribution >= 4 is 17.3 Å². The molecule has 0 atom stereocenters. The molecular formula is C8H18N2S. The molecule has 0 bridgehead atoms. The maximum absolute atomic E-state index is 5.05. The van der Waals surface area contributed by atoms with Crippen LogP contribution < -0.4 is 10.6 Å². The molecule has 3 heteroatoms. The van der Waals surface area contributed by atoms with Crippen molar-refractivity contribution in [2.24, 2.45) is 0 Å². The Labute approximate surface area is 74.8 Å². The van der Waals surface area contributed by atoms with Gasteiger partial charge in [0.05, 0.1) is 0 Å². The molecule has 0 amide bonds. The van der Waals surface area contributed by atoms with Crippen LogP contribution in [0.3, 0.4) is 0 Å². The quantitative estimate of drug-likeness (QED) is 0.636. The first-order valence-electron chi connectivity index (χ1n) is 4.08. The van der Waals surface area contributed by atoms with E-state index in [0.717, 1.165) is 18.1 Å². The summed E-state index contributed by atoms with van der Waals surface area (Å²) in [6.07, 6.45) is 1.07. The summed E-state index contributed by atoms with van der Waals surface area (Å²) in [5.74, 6) is 0. The van der Waals surface area contributed by atoms with Crippen LogP contribution in [0.4, 0.5) is 0 Å². The molecule has 2 nitrogen and oxygen atoms in total. The van der Waals surface area contributed by atoms with Crippen LogP contribution >= 0.6 is 12.2 Å². The molecule has 0 aliphatic rings. The van der Waals surface area contributed by atoms with Crippen LogP contribution in [0.2, 0.25) is 0 Å². The van der Waals surface area contributed by atoms with Gasteiger partial charge in [0.2, 0.25) is 0 Å². The normalized spacial score (nSPS) is 10.9. The van der Waals surface area contributed by atoms with Crippen molar-refractivity contribution in [3.63, 3.8) is 0 Å². The first-order chi connectivity index (χ1) is 5.02. The Morgan fingerprint density at radius 2 is 1.91 bits per heavy atom. The highest BCUT2D eigenvalue weighted by molar-refractivity contribution is 7.80. The lowest BCUT2D eigenvalue weighted by molar-refractivity contribution is 0.443. The van der Waals surface area contributed by atoms with E-state index in [9.17, 15) is 0 Å². The Kier molecular flexibility index (Phi) is 4.42. The third kappa shape index (κ3) is 5.01. The van der Waals surface area contributed by atoms with Gasteiger partial charge in [0.25, 0.3) is 0 Å². The van der Waals surface area contributed by atoms with Crippen molar-refractivity contribution < 1.29 is 0 Å². The lowest BCUT2D eigenvalue weighted by Crippen LogP contribution is -2.47. The van der Waals surface area contributed by atoms with E-state index in [1.807, 2.05) is 6.92 Å². The Hall–Kier alpha value is -0.310. The van der Waals surface area contributed by atoms with Gasteiger partial charge in [-0.05, 0) is 39.4 Å². The topological polar surface area (TPSA) is 24.1 Å². The number of rotatable bonds is 3. The second-order valence-electron chi connectivity index (χ2n) is 3.22. The summed E-state index contributed by atoms with van der Waals surface area (Å²) in [5, 5.41) is 7.03. The van der Waals surface area contributed by atoms with Crippen molar-refractivity contribution in [3.05, 3.63) is 0 Å². The van der Waals surface area contributed by atoms with E-state index < -0.39 is 0 Å². The lowest BCUT2D eigenvalue weighted by atomic mass is 10.0. The first kappa shape index (κ1) is 10.7. The summed E-state index contributed by atoms with van der Waals surface area (Å²) < 4.78 is 0. The van der Waals surface area contributed by atoms with Gasteiger partial charge in [-0.2, -0.15) is 0 Å². The second-order valence-corrected chi connectivity index (χ2v) is 3.63. The van der Waals surface area contributed by atoms with Gasteiger partial charge in [-0.1, -0.05) is 6.92 Å². The molecule has 0 aliphatic carbocycles. The summed E-state index contributed by atoms with van der Waals surface area (Å²) in [4.78, 5) is 0. The zero-order chi connectivity index (χ0) is 8.91. The third-order valence-corrected chi connectivity index (χ3v) is 1.92. The molecule has 0 rings (SSSR count). The molecule has 0 aromatic carbocycles. The predicted molar refractivity (Wildman–Crippen MR) is 53.8 cm³/mol. The van der Waals surface area contributed by atoms with Gasteiger partial charge in [-0.3, -0.25) is 0 Å². The SMILES string of the molecule is CCNC(=S)NC(C)(C)CC. The second kappa shape index (κ2) is 4.54. The van der Waals surface area contributed by atoms with Crippen LogP contribution in [0.15, 0.2) is 0 Å². The van der Waals surface area contributed by atoms with Crippen LogP contribution in [0.1, 0.15) is 34.1 Å². The van der Waals surface area contributed by atoms with Gasteiger partial charge < -0.3 is 10.6 Å². The first-order valence-corrected chi connectivity index (χ1v) is 4.48. The van der Waals surface area contributed by atoms with Gasteiger partial charge in [0.1, 0.15) is 0 Å². The van der Waals surface area contributed by atoms with Gasteiger partial charge >= 0.3 is 0 Å². The molecule has 0 heterocycles. The van der Waals surface area contributed by atoms with Crippen LogP contribution in [-0.2, 0) is 0 Å².